The van der Waals surface area contributed by atoms with Crippen LogP contribution in [0.1, 0.15) is 30.1 Å². The maximum Gasteiger partial charge on any atom is 0.133 e. The molecule has 0 amide bonds. The predicted octanol–water partition coefficient (Wildman–Crippen LogP) is 1.48. The van der Waals surface area contributed by atoms with E-state index in [0.29, 0.717) is 6.04 Å². The molecule has 0 atom stereocenters. The lowest BCUT2D eigenvalue weighted by atomic mass is 10.3. The Bertz CT molecular complexity index is 498. The molecular weight excluding hydrogens is 216 g/mol. The first-order chi connectivity index (χ1) is 8.31. The van der Waals surface area contributed by atoms with Gasteiger partial charge in [0.2, 0.25) is 0 Å². The van der Waals surface area contributed by atoms with Crippen molar-refractivity contribution in [3.05, 3.63) is 35.7 Å². The summed E-state index contributed by atoms with van der Waals surface area (Å²) in [6, 6.07) is 2.66. The van der Waals surface area contributed by atoms with Crippen LogP contribution in [0.15, 0.2) is 23.0 Å². The fourth-order valence-corrected chi connectivity index (χ4v) is 1.84. The molecule has 1 aliphatic rings. The Morgan fingerprint density at radius 1 is 1.53 bits per heavy atom. The second-order valence-corrected chi connectivity index (χ2v) is 4.56. The van der Waals surface area contributed by atoms with Gasteiger partial charge in [0.1, 0.15) is 17.3 Å². The molecule has 5 nitrogen and oxygen atoms in total. The molecule has 2 aromatic heterocycles. The summed E-state index contributed by atoms with van der Waals surface area (Å²) in [6.07, 6.45) is 6.40. The lowest BCUT2D eigenvalue weighted by molar-refractivity contribution is 0.388. The first-order valence-electron chi connectivity index (χ1n) is 5.97. The van der Waals surface area contributed by atoms with E-state index >= 15 is 0 Å². The third-order valence-corrected chi connectivity index (χ3v) is 2.94. The van der Waals surface area contributed by atoms with E-state index in [1.807, 2.05) is 25.4 Å². The smallest absolute Gasteiger partial charge is 0.133 e. The van der Waals surface area contributed by atoms with Gasteiger partial charge in [0.15, 0.2) is 0 Å². The van der Waals surface area contributed by atoms with E-state index in [4.69, 9.17) is 4.52 Å². The standard InChI is InChI=1S/C12H16N4O/c1-9-6-11(15-17-9)8-16-5-4-13-12(16)7-14-10-2-3-10/h4-6,10,14H,2-3,7-8H2,1H3. The summed E-state index contributed by atoms with van der Waals surface area (Å²) in [5.74, 6) is 1.90. The van der Waals surface area contributed by atoms with Crippen molar-refractivity contribution in [2.45, 2.75) is 38.9 Å². The maximum atomic E-state index is 5.06. The van der Waals surface area contributed by atoms with Crippen LogP contribution in [0.3, 0.4) is 0 Å². The summed E-state index contributed by atoms with van der Waals surface area (Å²) in [4.78, 5) is 4.36. The van der Waals surface area contributed by atoms with Crippen LogP contribution < -0.4 is 5.32 Å². The second kappa shape index (κ2) is 4.33. The fraction of sp³-hybridized carbons (Fsp3) is 0.500. The van der Waals surface area contributed by atoms with Crippen LogP contribution in [-0.2, 0) is 13.1 Å². The molecule has 0 aromatic carbocycles. The molecular formula is C12H16N4O. The van der Waals surface area contributed by atoms with Crippen molar-refractivity contribution in [2.24, 2.45) is 0 Å². The molecule has 90 valence electrons. The summed E-state index contributed by atoms with van der Waals surface area (Å²) in [6.45, 7) is 3.45. The van der Waals surface area contributed by atoms with Crippen molar-refractivity contribution >= 4 is 0 Å². The van der Waals surface area contributed by atoms with Crippen molar-refractivity contribution in [3.8, 4) is 0 Å². The minimum absolute atomic E-state index is 0.703. The lowest BCUT2D eigenvalue weighted by Crippen LogP contribution is -2.19. The molecule has 0 saturated heterocycles. The van der Waals surface area contributed by atoms with Crippen LogP contribution >= 0.6 is 0 Å². The molecule has 2 heterocycles. The van der Waals surface area contributed by atoms with E-state index in [1.165, 1.54) is 12.8 Å². The number of aromatic nitrogens is 3. The zero-order valence-corrected chi connectivity index (χ0v) is 9.89. The normalized spacial score (nSPS) is 15.4. The molecule has 0 bridgehead atoms. The number of imidazole rings is 1. The van der Waals surface area contributed by atoms with Gasteiger partial charge in [-0.1, -0.05) is 5.16 Å². The Hall–Kier alpha value is -1.62. The first-order valence-corrected chi connectivity index (χ1v) is 5.97. The Balaban J connectivity index is 1.67. The minimum Gasteiger partial charge on any atom is -0.361 e. The fourth-order valence-electron chi connectivity index (χ4n) is 1.84. The highest BCUT2D eigenvalue weighted by Gasteiger charge is 2.20. The number of nitrogens with one attached hydrogen (secondary N) is 1. The highest BCUT2D eigenvalue weighted by Crippen LogP contribution is 2.19. The van der Waals surface area contributed by atoms with Gasteiger partial charge in [-0.25, -0.2) is 4.98 Å². The zero-order valence-electron chi connectivity index (χ0n) is 9.89. The van der Waals surface area contributed by atoms with Crippen molar-refractivity contribution < 1.29 is 4.52 Å². The van der Waals surface area contributed by atoms with Crippen molar-refractivity contribution in [1.29, 1.82) is 0 Å². The van der Waals surface area contributed by atoms with Gasteiger partial charge in [0, 0.05) is 24.5 Å². The maximum absolute atomic E-state index is 5.06. The first kappa shape index (κ1) is 10.5. The molecule has 1 N–H and O–H groups in total. The average Bonchev–Trinajstić information content (AvgIpc) is 2.90. The topological polar surface area (TPSA) is 55.9 Å². The van der Waals surface area contributed by atoms with Crippen molar-refractivity contribution in [1.82, 2.24) is 20.0 Å². The molecule has 17 heavy (non-hydrogen) atoms. The molecule has 5 heteroatoms. The summed E-state index contributed by atoms with van der Waals surface area (Å²) >= 11 is 0. The highest BCUT2D eigenvalue weighted by molar-refractivity contribution is 5.06. The monoisotopic (exact) mass is 232 g/mol. The van der Waals surface area contributed by atoms with Crippen LogP contribution in [0.5, 0.6) is 0 Å². The number of hydrogen-bond acceptors (Lipinski definition) is 4. The van der Waals surface area contributed by atoms with Gasteiger partial charge in [-0.05, 0) is 19.8 Å². The lowest BCUT2D eigenvalue weighted by Gasteiger charge is -2.06. The molecule has 3 rings (SSSR count). The predicted molar refractivity (Wildman–Crippen MR) is 62.4 cm³/mol. The van der Waals surface area contributed by atoms with Crippen molar-refractivity contribution in [2.75, 3.05) is 0 Å². The Morgan fingerprint density at radius 2 is 2.41 bits per heavy atom. The number of hydrogen-bond donors (Lipinski definition) is 1. The van der Waals surface area contributed by atoms with E-state index in [-0.39, 0.29) is 0 Å². The van der Waals surface area contributed by atoms with Crippen LogP contribution in [0.4, 0.5) is 0 Å². The number of nitrogens with zero attached hydrogens (tertiary/aromatic N) is 3. The molecule has 0 aliphatic heterocycles. The third-order valence-electron chi connectivity index (χ3n) is 2.94. The van der Waals surface area contributed by atoms with E-state index in [1.54, 1.807) is 0 Å². The molecule has 1 fully saturated rings. The minimum atomic E-state index is 0.703. The molecule has 0 unspecified atom stereocenters. The third kappa shape index (κ3) is 2.55. The molecule has 1 aliphatic carbocycles. The molecule has 1 saturated carbocycles. The summed E-state index contributed by atoms with van der Waals surface area (Å²) in [5.41, 5.74) is 0.938. The van der Waals surface area contributed by atoms with Crippen LogP contribution in [0.2, 0.25) is 0 Å². The van der Waals surface area contributed by atoms with Crippen molar-refractivity contribution in [3.63, 3.8) is 0 Å². The van der Waals surface area contributed by atoms with Crippen LogP contribution in [0.25, 0.3) is 0 Å². The summed E-state index contributed by atoms with van der Waals surface area (Å²) in [7, 11) is 0. The summed E-state index contributed by atoms with van der Waals surface area (Å²) in [5, 5.41) is 7.46. The number of aryl methyl sites for hydroxylation is 1. The van der Waals surface area contributed by atoms with Gasteiger partial charge < -0.3 is 14.4 Å². The van der Waals surface area contributed by atoms with E-state index in [2.05, 4.69) is 20.0 Å². The Morgan fingerprint density at radius 3 is 3.12 bits per heavy atom. The van der Waals surface area contributed by atoms with E-state index in [0.717, 1.165) is 30.4 Å². The van der Waals surface area contributed by atoms with Gasteiger partial charge in [0.25, 0.3) is 0 Å². The van der Waals surface area contributed by atoms with Gasteiger partial charge in [-0.2, -0.15) is 0 Å². The van der Waals surface area contributed by atoms with Gasteiger partial charge in [0.05, 0.1) is 13.1 Å². The van der Waals surface area contributed by atoms with Crippen LogP contribution in [-0.4, -0.2) is 20.7 Å². The molecule has 0 radical (unpaired) electrons. The summed E-state index contributed by atoms with van der Waals surface area (Å²) < 4.78 is 7.17. The molecule has 0 spiro atoms. The highest BCUT2D eigenvalue weighted by atomic mass is 16.5. The quantitative estimate of drug-likeness (QED) is 0.848. The largest absolute Gasteiger partial charge is 0.361 e. The SMILES string of the molecule is Cc1cc(Cn2ccnc2CNC2CC2)no1. The van der Waals surface area contributed by atoms with E-state index < -0.39 is 0 Å². The number of rotatable bonds is 5. The van der Waals surface area contributed by atoms with Gasteiger partial charge in [-0.15, -0.1) is 0 Å². The van der Waals surface area contributed by atoms with Gasteiger partial charge in [-0.3, -0.25) is 0 Å². The second-order valence-electron chi connectivity index (χ2n) is 4.56. The van der Waals surface area contributed by atoms with E-state index in [9.17, 15) is 0 Å². The van der Waals surface area contributed by atoms with Gasteiger partial charge >= 0.3 is 0 Å². The Kier molecular flexibility index (Phi) is 2.68. The Labute approximate surface area is 99.8 Å². The zero-order chi connectivity index (χ0) is 11.7. The van der Waals surface area contributed by atoms with Crippen LogP contribution in [0, 0.1) is 6.92 Å². The molecule has 2 aromatic rings. The average molecular weight is 232 g/mol.